The molecule has 0 saturated carbocycles. The Balaban J connectivity index is 1.64. The van der Waals surface area contributed by atoms with Gasteiger partial charge in [0, 0.05) is 24.7 Å². The molecule has 0 spiro atoms. The van der Waals surface area contributed by atoms with E-state index in [2.05, 4.69) is 0 Å². The highest BCUT2D eigenvalue weighted by molar-refractivity contribution is 7.89. The zero-order chi connectivity index (χ0) is 21.0. The third kappa shape index (κ3) is 4.80. The van der Waals surface area contributed by atoms with Crippen molar-refractivity contribution in [3.63, 3.8) is 0 Å². The highest BCUT2D eigenvalue weighted by atomic mass is 32.2. The predicted octanol–water partition coefficient (Wildman–Crippen LogP) is 3.51. The fourth-order valence-electron chi connectivity index (χ4n) is 3.27. The molecule has 2 aromatic rings. The molecular formula is C20H22N2O6S. The number of hydrogen-bond acceptors (Lipinski definition) is 6. The van der Waals surface area contributed by atoms with Crippen molar-refractivity contribution in [2.24, 2.45) is 0 Å². The number of benzene rings is 2. The first-order valence-corrected chi connectivity index (χ1v) is 10.8. The van der Waals surface area contributed by atoms with Gasteiger partial charge in [0.25, 0.3) is 5.69 Å². The van der Waals surface area contributed by atoms with Gasteiger partial charge in [0.2, 0.25) is 10.0 Å². The molecule has 0 aliphatic carbocycles. The van der Waals surface area contributed by atoms with Gasteiger partial charge < -0.3 is 4.74 Å². The maximum absolute atomic E-state index is 12.8. The summed E-state index contributed by atoms with van der Waals surface area (Å²) in [6.45, 7) is 2.37. The van der Waals surface area contributed by atoms with Gasteiger partial charge in [-0.05, 0) is 61.7 Å². The minimum absolute atomic E-state index is 0.0395. The zero-order valence-corrected chi connectivity index (χ0v) is 16.8. The Labute approximate surface area is 169 Å². The molecule has 1 atom stereocenters. The molecule has 0 radical (unpaired) electrons. The lowest BCUT2D eigenvalue weighted by molar-refractivity contribution is -0.384. The van der Waals surface area contributed by atoms with E-state index in [1.54, 1.807) is 0 Å². The van der Waals surface area contributed by atoms with Crippen molar-refractivity contribution >= 4 is 21.7 Å². The number of hydrogen-bond donors (Lipinski definition) is 0. The maximum atomic E-state index is 12.8. The minimum atomic E-state index is -3.59. The Bertz CT molecular complexity index is 987. The van der Waals surface area contributed by atoms with Crippen LogP contribution in [0.1, 0.15) is 42.1 Å². The van der Waals surface area contributed by atoms with Crippen LogP contribution in [0.25, 0.3) is 0 Å². The van der Waals surface area contributed by atoms with Crippen LogP contribution in [0, 0.1) is 10.1 Å². The molecule has 3 rings (SSSR count). The Kier molecular flexibility index (Phi) is 6.29. The van der Waals surface area contributed by atoms with E-state index in [9.17, 15) is 23.3 Å². The van der Waals surface area contributed by atoms with Gasteiger partial charge in [-0.15, -0.1) is 0 Å². The van der Waals surface area contributed by atoms with Gasteiger partial charge in [-0.1, -0.05) is 6.42 Å². The number of ether oxygens (including phenoxy) is 1. The van der Waals surface area contributed by atoms with Crippen LogP contribution >= 0.6 is 0 Å². The molecule has 0 N–H and O–H groups in total. The molecule has 8 nitrogen and oxygen atoms in total. The molecule has 0 aromatic heterocycles. The molecule has 0 bridgehead atoms. The first-order chi connectivity index (χ1) is 13.8. The number of nitro benzene ring substituents is 1. The van der Waals surface area contributed by atoms with E-state index in [1.165, 1.54) is 52.8 Å². The second-order valence-electron chi connectivity index (χ2n) is 6.98. The molecule has 1 aliphatic rings. The Morgan fingerprint density at radius 3 is 2.38 bits per heavy atom. The molecule has 154 valence electrons. The van der Waals surface area contributed by atoms with E-state index in [1.807, 2.05) is 6.92 Å². The first-order valence-electron chi connectivity index (χ1n) is 9.31. The van der Waals surface area contributed by atoms with Crippen LogP contribution in [0.4, 0.5) is 5.69 Å². The van der Waals surface area contributed by atoms with E-state index in [0.717, 1.165) is 19.3 Å². The van der Waals surface area contributed by atoms with E-state index in [4.69, 9.17) is 4.74 Å². The quantitative estimate of drug-likeness (QED) is 0.404. The van der Waals surface area contributed by atoms with Gasteiger partial charge in [0.05, 0.1) is 15.4 Å². The topological polar surface area (TPSA) is 107 Å². The van der Waals surface area contributed by atoms with Gasteiger partial charge in [-0.25, -0.2) is 13.2 Å². The smallest absolute Gasteiger partial charge is 0.338 e. The van der Waals surface area contributed by atoms with Crippen molar-refractivity contribution in [3.8, 4) is 0 Å². The number of sulfonamides is 1. The lowest BCUT2D eigenvalue weighted by Gasteiger charge is -2.32. The summed E-state index contributed by atoms with van der Waals surface area (Å²) < 4.78 is 32.4. The summed E-state index contributed by atoms with van der Waals surface area (Å²) in [6.07, 6.45) is 2.70. The highest BCUT2D eigenvalue weighted by Crippen LogP contribution is 2.25. The van der Waals surface area contributed by atoms with E-state index in [0.29, 0.717) is 12.1 Å². The van der Waals surface area contributed by atoms with Gasteiger partial charge >= 0.3 is 5.97 Å². The second-order valence-corrected chi connectivity index (χ2v) is 8.88. The Morgan fingerprint density at radius 1 is 1.14 bits per heavy atom. The molecule has 29 heavy (non-hydrogen) atoms. The van der Waals surface area contributed by atoms with Crippen molar-refractivity contribution in [2.45, 2.75) is 43.7 Å². The van der Waals surface area contributed by atoms with Crippen molar-refractivity contribution in [2.75, 3.05) is 6.54 Å². The molecule has 0 unspecified atom stereocenters. The third-order valence-corrected chi connectivity index (χ3v) is 6.98. The lowest BCUT2D eigenvalue weighted by Crippen LogP contribution is -2.41. The third-order valence-electron chi connectivity index (χ3n) is 4.96. The van der Waals surface area contributed by atoms with Gasteiger partial charge in [-0.3, -0.25) is 10.1 Å². The molecule has 0 amide bonds. The predicted molar refractivity (Wildman–Crippen MR) is 106 cm³/mol. The summed E-state index contributed by atoms with van der Waals surface area (Å²) in [5, 5.41) is 10.7. The van der Waals surface area contributed by atoms with Crippen LogP contribution in [0.2, 0.25) is 0 Å². The first kappa shape index (κ1) is 20.9. The largest absolute Gasteiger partial charge is 0.457 e. The minimum Gasteiger partial charge on any atom is -0.457 e. The molecule has 2 aromatic carbocycles. The summed E-state index contributed by atoms with van der Waals surface area (Å²) in [4.78, 5) is 22.5. The zero-order valence-electron chi connectivity index (χ0n) is 16.0. The summed E-state index contributed by atoms with van der Waals surface area (Å²) in [5.74, 6) is -0.598. The van der Waals surface area contributed by atoms with Crippen LogP contribution in [-0.2, 0) is 21.4 Å². The number of piperidine rings is 1. The maximum Gasteiger partial charge on any atom is 0.338 e. The van der Waals surface area contributed by atoms with Crippen LogP contribution in [0.3, 0.4) is 0 Å². The SMILES string of the molecule is C[C@H]1CCCCN1S(=O)(=O)c1ccc(C(=O)OCc2ccc([N+](=O)[O-])cc2)cc1. The average Bonchev–Trinajstić information content (AvgIpc) is 2.72. The summed E-state index contributed by atoms with van der Waals surface area (Å²) >= 11 is 0. The Morgan fingerprint density at radius 2 is 1.79 bits per heavy atom. The molecule has 1 fully saturated rings. The normalized spacial score (nSPS) is 17.6. The second kappa shape index (κ2) is 8.71. The molecule has 1 aliphatic heterocycles. The summed E-state index contributed by atoms with van der Waals surface area (Å²) in [6, 6.07) is 11.4. The molecule has 1 heterocycles. The van der Waals surface area contributed by atoms with E-state index in [-0.39, 0.29) is 28.8 Å². The van der Waals surface area contributed by atoms with Gasteiger partial charge in [-0.2, -0.15) is 4.31 Å². The number of non-ortho nitro benzene ring substituents is 1. The van der Waals surface area contributed by atoms with Gasteiger partial charge in [0.15, 0.2) is 0 Å². The van der Waals surface area contributed by atoms with Crippen LogP contribution in [0.5, 0.6) is 0 Å². The molecule has 1 saturated heterocycles. The molecule has 9 heteroatoms. The number of carbonyl (C=O) groups is 1. The lowest BCUT2D eigenvalue weighted by atomic mass is 10.1. The fourth-order valence-corrected chi connectivity index (χ4v) is 4.97. The van der Waals surface area contributed by atoms with E-state index < -0.39 is 20.9 Å². The number of nitrogens with zero attached hydrogens (tertiary/aromatic N) is 2. The average molecular weight is 418 g/mol. The highest BCUT2D eigenvalue weighted by Gasteiger charge is 2.30. The van der Waals surface area contributed by atoms with Crippen LogP contribution in [-0.4, -0.2) is 36.2 Å². The van der Waals surface area contributed by atoms with Crippen molar-refractivity contribution in [1.29, 1.82) is 0 Å². The van der Waals surface area contributed by atoms with Crippen molar-refractivity contribution in [1.82, 2.24) is 4.31 Å². The van der Waals surface area contributed by atoms with Crippen molar-refractivity contribution in [3.05, 3.63) is 69.8 Å². The fraction of sp³-hybridized carbons (Fsp3) is 0.350. The van der Waals surface area contributed by atoms with Crippen LogP contribution < -0.4 is 0 Å². The summed E-state index contributed by atoms with van der Waals surface area (Å²) in [5.41, 5.74) is 0.805. The number of rotatable bonds is 6. The van der Waals surface area contributed by atoms with Crippen molar-refractivity contribution < 1.29 is 22.9 Å². The Hall–Kier alpha value is -2.78. The monoisotopic (exact) mass is 418 g/mol. The summed E-state index contributed by atoms with van der Waals surface area (Å²) in [7, 11) is -3.59. The molecular weight excluding hydrogens is 396 g/mol. The number of carbonyl (C=O) groups excluding carboxylic acids is 1. The standard InChI is InChI=1S/C20H22N2O6S/c1-15-4-2-3-13-21(15)29(26,27)19-11-7-17(8-12-19)20(23)28-14-16-5-9-18(10-6-16)22(24)25/h5-12,15H,2-4,13-14H2,1H3/t15-/m0/s1. The number of nitro groups is 1. The number of esters is 1. The van der Waals surface area contributed by atoms with Crippen LogP contribution in [0.15, 0.2) is 53.4 Å². The van der Waals surface area contributed by atoms with Gasteiger partial charge in [0.1, 0.15) is 6.61 Å². The van der Waals surface area contributed by atoms with E-state index >= 15 is 0 Å².